The van der Waals surface area contributed by atoms with Crippen LogP contribution in [0.1, 0.15) is 48.4 Å². The van der Waals surface area contributed by atoms with Crippen molar-refractivity contribution in [2.45, 2.75) is 31.6 Å². The number of aromatic nitrogens is 1. The summed E-state index contributed by atoms with van der Waals surface area (Å²) in [6, 6.07) is 21.0. The predicted octanol–water partition coefficient (Wildman–Crippen LogP) is 4.89. The number of rotatable bonds is 7. The topological polar surface area (TPSA) is 65.5 Å². The van der Waals surface area contributed by atoms with Crippen LogP contribution in [0, 0.1) is 11.8 Å². The van der Waals surface area contributed by atoms with E-state index in [1.54, 1.807) is 6.20 Å². The van der Waals surface area contributed by atoms with Crippen LogP contribution in [0.25, 0.3) is 0 Å². The van der Waals surface area contributed by atoms with Crippen LogP contribution in [0.15, 0.2) is 72.9 Å². The number of hydrogen-bond acceptors (Lipinski definition) is 5. The second-order valence-electron chi connectivity index (χ2n) is 8.22. The fraction of sp³-hybridized carbons (Fsp3) is 0.269. The minimum Gasteiger partial charge on any atom is -0.426 e. The lowest BCUT2D eigenvalue weighted by molar-refractivity contribution is -0.136. The molecule has 2 fully saturated rings. The van der Waals surface area contributed by atoms with Crippen LogP contribution < -0.4 is 9.47 Å². The zero-order valence-corrected chi connectivity index (χ0v) is 17.1. The van der Waals surface area contributed by atoms with Gasteiger partial charge in [-0.2, -0.15) is 0 Å². The lowest BCUT2D eigenvalue weighted by Gasteiger charge is -2.18. The van der Waals surface area contributed by atoms with Crippen LogP contribution >= 0.6 is 0 Å². The minimum absolute atomic E-state index is 0.0634. The molecule has 0 bridgehead atoms. The van der Waals surface area contributed by atoms with E-state index >= 15 is 0 Å². The van der Waals surface area contributed by atoms with Gasteiger partial charge in [0.15, 0.2) is 0 Å². The zero-order valence-electron chi connectivity index (χ0n) is 17.1. The smallest absolute Gasteiger partial charge is 0.314 e. The van der Waals surface area contributed by atoms with Crippen LogP contribution in [0.3, 0.4) is 0 Å². The summed E-state index contributed by atoms with van der Waals surface area (Å²) in [4.78, 5) is 28.4. The van der Waals surface area contributed by atoms with Crippen LogP contribution in [-0.4, -0.2) is 16.9 Å². The predicted molar refractivity (Wildman–Crippen MR) is 115 cm³/mol. The Balaban J connectivity index is 1.39. The third-order valence-electron chi connectivity index (χ3n) is 5.67. The molecule has 5 rings (SSSR count). The summed E-state index contributed by atoms with van der Waals surface area (Å²) in [6.07, 6.45) is 5.46. The van der Waals surface area contributed by atoms with Crippen molar-refractivity contribution < 1.29 is 19.1 Å². The first-order valence-corrected chi connectivity index (χ1v) is 10.7. The van der Waals surface area contributed by atoms with E-state index in [1.165, 1.54) is 0 Å². The fourth-order valence-corrected chi connectivity index (χ4v) is 3.57. The Morgan fingerprint density at radius 1 is 0.710 bits per heavy atom. The number of carbonyl (C=O) groups excluding carboxylic acids is 2. The molecule has 0 N–H and O–H groups in total. The van der Waals surface area contributed by atoms with E-state index in [4.69, 9.17) is 9.47 Å². The third-order valence-corrected chi connectivity index (χ3v) is 5.67. The number of esters is 2. The Morgan fingerprint density at radius 3 is 1.58 bits per heavy atom. The molecule has 0 unspecified atom stereocenters. The summed E-state index contributed by atoms with van der Waals surface area (Å²) >= 11 is 0. The molecule has 2 aliphatic rings. The Morgan fingerprint density at radius 2 is 1.19 bits per heavy atom. The molecular formula is C26H23NO4. The lowest BCUT2D eigenvalue weighted by Crippen LogP contribution is -2.11. The van der Waals surface area contributed by atoms with Crippen molar-refractivity contribution in [3.05, 3.63) is 89.7 Å². The molecule has 0 aliphatic heterocycles. The van der Waals surface area contributed by atoms with E-state index in [0.717, 1.165) is 42.5 Å². The Labute approximate surface area is 181 Å². The number of benzene rings is 2. The van der Waals surface area contributed by atoms with Gasteiger partial charge in [-0.25, -0.2) is 0 Å². The van der Waals surface area contributed by atoms with Gasteiger partial charge in [0.05, 0.1) is 23.4 Å². The summed E-state index contributed by atoms with van der Waals surface area (Å²) in [7, 11) is 0. The number of ether oxygens (including phenoxy) is 2. The van der Waals surface area contributed by atoms with E-state index < -0.39 is 0 Å². The first-order valence-electron chi connectivity index (χ1n) is 10.7. The molecule has 0 spiro atoms. The minimum atomic E-state index is -0.148. The molecule has 5 heteroatoms. The first kappa shape index (κ1) is 19.5. The molecule has 2 aliphatic carbocycles. The van der Waals surface area contributed by atoms with Crippen molar-refractivity contribution in [2.75, 3.05) is 0 Å². The molecule has 2 aromatic carbocycles. The Kier molecular flexibility index (Phi) is 5.24. The molecule has 0 saturated heterocycles. The van der Waals surface area contributed by atoms with Gasteiger partial charge in [0.1, 0.15) is 11.5 Å². The molecule has 0 amide bonds. The number of carbonyl (C=O) groups is 2. The maximum Gasteiger partial charge on any atom is 0.314 e. The van der Waals surface area contributed by atoms with Gasteiger partial charge < -0.3 is 9.47 Å². The monoisotopic (exact) mass is 413 g/mol. The van der Waals surface area contributed by atoms with Crippen molar-refractivity contribution >= 4 is 11.9 Å². The molecule has 5 nitrogen and oxygen atoms in total. The molecule has 156 valence electrons. The van der Waals surface area contributed by atoms with E-state index in [1.807, 2.05) is 66.7 Å². The summed E-state index contributed by atoms with van der Waals surface area (Å²) in [5.41, 5.74) is 2.98. The van der Waals surface area contributed by atoms with Crippen molar-refractivity contribution in [2.24, 2.45) is 11.8 Å². The van der Waals surface area contributed by atoms with Crippen molar-refractivity contribution in [1.29, 1.82) is 0 Å². The Bertz CT molecular complexity index is 999. The first-order chi connectivity index (χ1) is 15.2. The van der Waals surface area contributed by atoms with E-state index in [2.05, 4.69) is 4.98 Å². The zero-order chi connectivity index (χ0) is 21.2. The van der Waals surface area contributed by atoms with Crippen molar-refractivity contribution in [1.82, 2.24) is 4.98 Å². The molecule has 1 heterocycles. The highest BCUT2D eigenvalue weighted by Crippen LogP contribution is 2.35. The van der Waals surface area contributed by atoms with Crippen LogP contribution in [0.4, 0.5) is 0 Å². The van der Waals surface area contributed by atoms with Gasteiger partial charge in [0.25, 0.3) is 0 Å². The standard InChI is InChI=1S/C26H23NO4/c28-25(19-4-5-19)30-21-12-8-17(9-13-21)24(23-3-1-2-16-27-23)18-10-14-22(15-11-18)31-26(29)20-6-7-20/h1-3,8-16,19-20,24H,4-7H2. The van der Waals surface area contributed by atoms with E-state index in [9.17, 15) is 9.59 Å². The molecule has 31 heavy (non-hydrogen) atoms. The van der Waals surface area contributed by atoms with Gasteiger partial charge in [-0.1, -0.05) is 30.3 Å². The van der Waals surface area contributed by atoms with Crippen LogP contribution in [0.5, 0.6) is 11.5 Å². The van der Waals surface area contributed by atoms with Gasteiger partial charge in [0, 0.05) is 6.20 Å². The molecule has 3 aromatic rings. The van der Waals surface area contributed by atoms with Crippen LogP contribution in [-0.2, 0) is 9.59 Å². The molecule has 1 aromatic heterocycles. The van der Waals surface area contributed by atoms with E-state index in [0.29, 0.717) is 11.5 Å². The van der Waals surface area contributed by atoms with Crippen molar-refractivity contribution in [3.63, 3.8) is 0 Å². The molecule has 0 radical (unpaired) electrons. The number of pyridine rings is 1. The number of hydrogen-bond donors (Lipinski definition) is 0. The SMILES string of the molecule is O=C(Oc1ccc(C(c2ccc(OC(=O)C3CC3)cc2)c2ccccn2)cc1)C1CC1. The summed E-state index contributed by atoms with van der Waals surface area (Å²) in [6.45, 7) is 0. The molecule has 2 saturated carbocycles. The van der Waals surface area contributed by atoms with Crippen molar-refractivity contribution in [3.8, 4) is 11.5 Å². The highest BCUT2D eigenvalue weighted by molar-refractivity contribution is 5.78. The second-order valence-corrected chi connectivity index (χ2v) is 8.22. The maximum absolute atomic E-state index is 11.9. The number of nitrogens with zero attached hydrogens (tertiary/aromatic N) is 1. The van der Waals surface area contributed by atoms with E-state index in [-0.39, 0.29) is 29.7 Å². The fourth-order valence-electron chi connectivity index (χ4n) is 3.57. The highest BCUT2D eigenvalue weighted by atomic mass is 16.5. The van der Waals surface area contributed by atoms with Crippen LogP contribution in [0.2, 0.25) is 0 Å². The summed E-state index contributed by atoms with van der Waals surface area (Å²) in [5.74, 6) is 0.853. The van der Waals surface area contributed by atoms with Gasteiger partial charge >= 0.3 is 11.9 Å². The highest BCUT2D eigenvalue weighted by Gasteiger charge is 2.32. The lowest BCUT2D eigenvalue weighted by atomic mass is 9.88. The summed E-state index contributed by atoms with van der Waals surface area (Å²) in [5, 5.41) is 0. The third kappa shape index (κ3) is 4.66. The van der Waals surface area contributed by atoms with Gasteiger partial charge in [0.2, 0.25) is 0 Å². The maximum atomic E-state index is 11.9. The second kappa shape index (κ2) is 8.34. The molecule has 0 atom stereocenters. The van der Waals surface area contributed by atoms with Gasteiger partial charge in [-0.05, 0) is 73.2 Å². The van der Waals surface area contributed by atoms with Gasteiger partial charge in [-0.15, -0.1) is 0 Å². The Hall–Kier alpha value is -3.47. The average molecular weight is 413 g/mol. The normalized spacial score (nSPS) is 15.5. The molecular weight excluding hydrogens is 390 g/mol. The van der Waals surface area contributed by atoms with Gasteiger partial charge in [-0.3, -0.25) is 14.6 Å². The largest absolute Gasteiger partial charge is 0.426 e. The quantitative estimate of drug-likeness (QED) is 0.407. The summed E-state index contributed by atoms with van der Waals surface area (Å²) < 4.78 is 10.9. The average Bonchev–Trinajstić information content (AvgIpc) is 3.70.